The number of carbonyl (C=O) groups is 1. The van der Waals surface area contributed by atoms with Crippen LogP contribution in [0, 0.1) is 13.8 Å². The summed E-state index contributed by atoms with van der Waals surface area (Å²) in [6.45, 7) is 6.62. The van der Waals surface area contributed by atoms with Gasteiger partial charge in [-0.25, -0.2) is 0 Å². The van der Waals surface area contributed by atoms with Crippen molar-refractivity contribution in [2.75, 3.05) is 32.0 Å². The van der Waals surface area contributed by atoms with Gasteiger partial charge in [0, 0.05) is 18.3 Å². The van der Waals surface area contributed by atoms with Gasteiger partial charge in [0.25, 0.3) is 0 Å². The summed E-state index contributed by atoms with van der Waals surface area (Å²) in [5, 5.41) is 6.40. The molecule has 1 aliphatic rings. The number of anilines is 1. The second kappa shape index (κ2) is 6.86. The molecule has 2 N–H and O–H groups in total. The lowest BCUT2D eigenvalue weighted by Crippen LogP contribution is -2.46. The van der Waals surface area contributed by atoms with Crippen LogP contribution in [0.4, 0.5) is 5.69 Å². The fraction of sp³-hybridized carbons (Fsp3) is 0.562. The van der Waals surface area contributed by atoms with E-state index in [1.807, 2.05) is 26.1 Å². The summed E-state index contributed by atoms with van der Waals surface area (Å²) in [5.41, 5.74) is 3.26. The van der Waals surface area contributed by atoms with Crippen LogP contribution in [0.25, 0.3) is 0 Å². The highest BCUT2D eigenvalue weighted by molar-refractivity contribution is 5.93. The van der Waals surface area contributed by atoms with E-state index in [0.29, 0.717) is 12.6 Å². The largest absolute Gasteiger partial charge is 0.325 e. The SMILES string of the molecule is Cc1cccc(NC(=O)CN(C)C2CCCNC2)c1C. The number of hydrogen-bond acceptors (Lipinski definition) is 3. The molecule has 0 radical (unpaired) electrons. The first-order chi connectivity index (χ1) is 9.58. The van der Waals surface area contributed by atoms with E-state index in [1.165, 1.54) is 18.4 Å². The van der Waals surface area contributed by atoms with E-state index in [9.17, 15) is 4.79 Å². The molecule has 0 spiro atoms. The van der Waals surface area contributed by atoms with Crippen LogP contribution < -0.4 is 10.6 Å². The molecule has 1 unspecified atom stereocenters. The lowest BCUT2D eigenvalue weighted by molar-refractivity contribution is -0.117. The fourth-order valence-corrected chi connectivity index (χ4v) is 2.64. The maximum atomic E-state index is 12.2. The van der Waals surface area contributed by atoms with Crippen molar-refractivity contribution >= 4 is 11.6 Å². The minimum Gasteiger partial charge on any atom is -0.325 e. The third-order valence-electron chi connectivity index (χ3n) is 4.17. The number of aryl methyl sites for hydroxylation is 1. The molecule has 2 rings (SSSR count). The summed E-state index contributed by atoms with van der Waals surface area (Å²) in [5.74, 6) is 0.0618. The smallest absolute Gasteiger partial charge is 0.238 e. The summed E-state index contributed by atoms with van der Waals surface area (Å²) in [6.07, 6.45) is 2.36. The normalized spacial score (nSPS) is 19.1. The lowest BCUT2D eigenvalue weighted by atomic mass is 10.1. The van der Waals surface area contributed by atoms with Crippen molar-refractivity contribution in [3.05, 3.63) is 29.3 Å². The standard InChI is InChI=1S/C16H25N3O/c1-12-6-4-8-15(13(12)2)18-16(20)11-19(3)14-7-5-9-17-10-14/h4,6,8,14,17H,5,7,9-11H2,1-3H3,(H,18,20). The molecule has 4 heteroatoms. The lowest BCUT2D eigenvalue weighted by Gasteiger charge is -2.31. The summed E-state index contributed by atoms with van der Waals surface area (Å²) in [4.78, 5) is 14.3. The quantitative estimate of drug-likeness (QED) is 0.882. The molecule has 0 saturated carbocycles. The summed E-state index contributed by atoms with van der Waals surface area (Å²) >= 11 is 0. The summed E-state index contributed by atoms with van der Waals surface area (Å²) in [6, 6.07) is 6.47. The van der Waals surface area contributed by atoms with Crippen molar-refractivity contribution in [2.24, 2.45) is 0 Å². The molecule has 0 aliphatic carbocycles. The fourth-order valence-electron chi connectivity index (χ4n) is 2.64. The molecular formula is C16H25N3O. The number of nitrogens with zero attached hydrogens (tertiary/aromatic N) is 1. The second-order valence-electron chi connectivity index (χ2n) is 5.71. The predicted octanol–water partition coefficient (Wildman–Crippen LogP) is 1.93. The molecule has 1 aliphatic heterocycles. The Balaban J connectivity index is 1.90. The van der Waals surface area contributed by atoms with Gasteiger partial charge >= 0.3 is 0 Å². The van der Waals surface area contributed by atoms with Crippen molar-refractivity contribution in [3.63, 3.8) is 0 Å². The van der Waals surface area contributed by atoms with E-state index in [1.54, 1.807) is 0 Å². The minimum absolute atomic E-state index is 0.0618. The Labute approximate surface area is 121 Å². The monoisotopic (exact) mass is 275 g/mol. The van der Waals surface area contributed by atoms with Crippen LogP contribution in [0.15, 0.2) is 18.2 Å². The Bertz CT molecular complexity index is 467. The van der Waals surface area contributed by atoms with Crippen LogP contribution in [0.1, 0.15) is 24.0 Å². The number of nitrogens with one attached hydrogen (secondary N) is 2. The minimum atomic E-state index is 0.0618. The van der Waals surface area contributed by atoms with Gasteiger partial charge in [-0.15, -0.1) is 0 Å². The average Bonchev–Trinajstić information content (AvgIpc) is 2.45. The number of rotatable bonds is 4. The van der Waals surface area contributed by atoms with Crippen molar-refractivity contribution in [1.29, 1.82) is 0 Å². The maximum absolute atomic E-state index is 12.2. The molecule has 1 aromatic carbocycles. The molecule has 1 atom stereocenters. The number of benzene rings is 1. The van der Waals surface area contributed by atoms with Crippen molar-refractivity contribution < 1.29 is 4.79 Å². The number of likely N-dealkylation sites (N-methyl/N-ethyl adjacent to an activating group) is 1. The predicted molar refractivity (Wildman–Crippen MR) is 83.1 cm³/mol. The first-order valence-electron chi connectivity index (χ1n) is 7.35. The molecule has 1 saturated heterocycles. The van der Waals surface area contributed by atoms with Crippen LogP contribution in [-0.4, -0.2) is 43.5 Å². The zero-order valence-corrected chi connectivity index (χ0v) is 12.7. The van der Waals surface area contributed by atoms with Gasteiger partial charge in [-0.05, 0) is 57.5 Å². The Kier molecular flexibility index (Phi) is 5.15. The third kappa shape index (κ3) is 3.81. The number of amides is 1. The molecule has 0 aromatic heterocycles. The van der Waals surface area contributed by atoms with Crippen LogP contribution in [0.5, 0.6) is 0 Å². The van der Waals surface area contributed by atoms with Gasteiger partial charge in [0.2, 0.25) is 5.91 Å². The van der Waals surface area contributed by atoms with Crippen LogP contribution in [-0.2, 0) is 4.79 Å². The second-order valence-corrected chi connectivity index (χ2v) is 5.71. The number of piperidine rings is 1. The average molecular weight is 275 g/mol. The molecule has 1 fully saturated rings. The highest BCUT2D eigenvalue weighted by Crippen LogP contribution is 2.18. The van der Waals surface area contributed by atoms with Gasteiger partial charge in [-0.2, -0.15) is 0 Å². The first-order valence-corrected chi connectivity index (χ1v) is 7.35. The Morgan fingerprint density at radius 3 is 2.95 bits per heavy atom. The Morgan fingerprint density at radius 2 is 2.25 bits per heavy atom. The first kappa shape index (κ1) is 15.0. The van der Waals surface area contributed by atoms with Gasteiger partial charge in [0.1, 0.15) is 0 Å². The number of carbonyl (C=O) groups excluding carboxylic acids is 1. The molecular weight excluding hydrogens is 250 g/mol. The molecule has 0 bridgehead atoms. The third-order valence-corrected chi connectivity index (χ3v) is 4.17. The topological polar surface area (TPSA) is 44.4 Å². The van der Waals surface area contributed by atoms with Crippen LogP contribution in [0.2, 0.25) is 0 Å². The van der Waals surface area contributed by atoms with Gasteiger partial charge in [0.15, 0.2) is 0 Å². The van der Waals surface area contributed by atoms with Crippen molar-refractivity contribution in [2.45, 2.75) is 32.7 Å². The van der Waals surface area contributed by atoms with Crippen LogP contribution in [0.3, 0.4) is 0 Å². The maximum Gasteiger partial charge on any atom is 0.238 e. The van der Waals surface area contributed by atoms with E-state index in [2.05, 4.69) is 28.5 Å². The van der Waals surface area contributed by atoms with Gasteiger partial charge in [0.05, 0.1) is 6.54 Å². The molecule has 1 aromatic rings. The highest BCUT2D eigenvalue weighted by Gasteiger charge is 2.19. The Morgan fingerprint density at radius 1 is 1.45 bits per heavy atom. The van der Waals surface area contributed by atoms with E-state index in [4.69, 9.17) is 0 Å². The van der Waals surface area contributed by atoms with Gasteiger partial charge in [-0.1, -0.05) is 12.1 Å². The summed E-state index contributed by atoms with van der Waals surface area (Å²) < 4.78 is 0. The molecule has 4 nitrogen and oxygen atoms in total. The Hall–Kier alpha value is -1.39. The highest BCUT2D eigenvalue weighted by atomic mass is 16.2. The van der Waals surface area contributed by atoms with Crippen molar-refractivity contribution in [3.8, 4) is 0 Å². The van der Waals surface area contributed by atoms with E-state index in [0.717, 1.165) is 24.3 Å². The zero-order valence-electron chi connectivity index (χ0n) is 12.7. The molecule has 1 heterocycles. The summed E-state index contributed by atoms with van der Waals surface area (Å²) in [7, 11) is 2.03. The van der Waals surface area contributed by atoms with Gasteiger partial charge in [-0.3, -0.25) is 9.69 Å². The molecule has 20 heavy (non-hydrogen) atoms. The van der Waals surface area contributed by atoms with Gasteiger partial charge < -0.3 is 10.6 Å². The van der Waals surface area contributed by atoms with E-state index < -0.39 is 0 Å². The van der Waals surface area contributed by atoms with Crippen LogP contribution >= 0.6 is 0 Å². The molecule has 1 amide bonds. The zero-order chi connectivity index (χ0) is 14.5. The molecule has 110 valence electrons. The number of hydrogen-bond donors (Lipinski definition) is 2. The van der Waals surface area contributed by atoms with Crippen molar-refractivity contribution in [1.82, 2.24) is 10.2 Å². The van der Waals surface area contributed by atoms with E-state index in [-0.39, 0.29) is 5.91 Å². The van der Waals surface area contributed by atoms with E-state index >= 15 is 0 Å².